The van der Waals surface area contributed by atoms with E-state index in [0.717, 1.165) is 34.6 Å². The van der Waals surface area contributed by atoms with Crippen molar-refractivity contribution in [1.82, 2.24) is 29.0 Å². The van der Waals surface area contributed by atoms with Gasteiger partial charge in [-0.2, -0.15) is 5.10 Å². The third-order valence-corrected chi connectivity index (χ3v) is 6.68. The number of nitrogens with one attached hydrogen (secondary N) is 3. The number of carbonyl (C=O) groups is 1. The first-order valence-corrected chi connectivity index (χ1v) is 11.9. The first-order valence-electron chi connectivity index (χ1n) is 11.2. The highest BCUT2D eigenvalue weighted by atomic mass is 32.2. The van der Waals surface area contributed by atoms with Crippen LogP contribution in [0.2, 0.25) is 0 Å². The summed E-state index contributed by atoms with van der Waals surface area (Å²) in [7, 11) is 1.93. The van der Waals surface area contributed by atoms with E-state index in [1.165, 1.54) is 18.5 Å². The molecule has 1 amide bonds. The summed E-state index contributed by atoms with van der Waals surface area (Å²) in [5, 5.41) is 13.9. The van der Waals surface area contributed by atoms with Gasteiger partial charge in [-0.1, -0.05) is 6.92 Å². The van der Waals surface area contributed by atoms with Gasteiger partial charge in [-0.05, 0) is 62.6 Å². The van der Waals surface area contributed by atoms with Crippen LogP contribution in [0.3, 0.4) is 0 Å². The SMILES string of the molecule is CCN(C)CC(=O)Nc1ccc(SN2C=C(Nc3cc(C4CC4)[nH]n3)n3ccnc3C2)cc1. The van der Waals surface area contributed by atoms with Crippen LogP contribution in [-0.2, 0) is 11.3 Å². The molecular formula is C23H28N8OS. The van der Waals surface area contributed by atoms with E-state index < -0.39 is 0 Å². The van der Waals surface area contributed by atoms with Gasteiger partial charge in [0.15, 0.2) is 5.82 Å². The summed E-state index contributed by atoms with van der Waals surface area (Å²) in [6.45, 7) is 3.93. The van der Waals surface area contributed by atoms with E-state index in [1.54, 1.807) is 11.9 Å². The first-order chi connectivity index (χ1) is 16.1. The Bertz CT molecular complexity index is 1150. The molecule has 3 heterocycles. The predicted octanol–water partition coefficient (Wildman–Crippen LogP) is 3.76. The fraction of sp³-hybridized carbons (Fsp3) is 0.348. The number of likely N-dealkylation sites (N-methyl/N-ethyl adjacent to an activating group) is 1. The molecule has 1 aliphatic carbocycles. The van der Waals surface area contributed by atoms with E-state index in [4.69, 9.17) is 0 Å². The maximum atomic E-state index is 12.1. The molecule has 0 saturated heterocycles. The zero-order valence-electron chi connectivity index (χ0n) is 18.8. The molecule has 5 rings (SSSR count). The molecule has 1 aliphatic heterocycles. The van der Waals surface area contributed by atoms with Crippen molar-refractivity contribution in [2.45, 2.75) is 37.1 Å². The standard InChI is InChI=1S/C23H28N8OS/c1-3-29(2)15-23(32)25-17-6-8-18(9-7-17)33-30-13-21-24-10-11-31(21)22(14-30)26-20-12-19(27-28-20)16-4-5-16/h6-12,14,16H,3-5,13,15H2,1-2H3,(H,25,32)(H2,26,27,28). The monoisotopic (exact) mass is 464 g/mol. The van der Waals surface area contributed by atoms with Gasteiger partial charge in [-0.3, -0.25) is 19.4 Å². The Balaban J connectivity index is 1.25. The van der Waals surface area contributed by atoms with Gasteiger partial charge in [-0.15, -0.1) is 0 Å². The van der Waals surface area contributed by atoms with Crippen molar-refractivity contribution in [2.24, 2.45) is 0 Å². The van der Waals surface area contributed by atoms with Gasteiger partial charge in [0.1, 0.15) is 11.6 Å². The highest BCUT2D eigenvalue weighted by Crippen LogP contribution is 2.39. The van der Waals surface area contributed by atoms with E-state index >= 15 is 0 Å². The van der Waals surface area contributed by atoms with Crippen molar-refractivity contribution in [3.05, 3.63) is 60.4 Å². The van der Waals surface area contributed by atoms with Gasteiger partial charge in [-0.25, -0.2) is 4.98 Å². The minimum Gasteiger partial charge on any atom is -0.325 e. The van der Waals surface area contributed by atoms with Crippen LogP contribution in [0.4, 0.5) is 11.5 Å². The van der Waals surface area contributed by atoms with Gasteiger partial charge in [0.25, 0.3) is 0 Å². The summed E-state index contributed by atoms with van der Waals surface area (Å²) >= 11 is 1.62. The molecule has 0 atom stereocenters. The molecule has 9 nitrogen and oxygen atoms in total. The summed E-state index contributed by atoms with van der Waals surface area (Å²) in [6.07, 6.45) is 8.31. The lowest BCUT2D eigenvalue weighted by Gasteiger charge is -2.26. The average molecular weight is 465 g/mol. The summed E-state index contributed by atoms with van der Waals surface area (Å²) in [4.78, 5) is 19.7. The molecule has 1 aromatic carbocycles. The number of hydrogen-bond donors (Lipinski definition) is 3. The van der Waals surface area contributed by atoms with Crippen LogP contribution in [0.1, 0.15) is 37.2 Å². The van der Waals surface area contributed by atoms with Crippen molar-refractivity contribution >= 4 is 35.2 Å². The van der Waals surface area contributed by atoms with E-state index in [-0.39, 0.29) is 5.91 Å². The highest BCUT2D eigenvalue weighted by Gasteiger charge is 2.26. The van der Waals surface area contributed by atoms with Gasteiger partial charge in [0.2, 0.25) is 5.91 Å². The second-order valence-corrected chi connectivity index (χ2v) is 9.53. The first kappa shape index (κ1) is 21.6. The molecule has 0 bridgehead atoms. The Hall–Kier alpha value is -3.24. The number of amides is 1. The van der Waals surface area contributed by atoms with Crippen LogP contribution in [-0.4, -0.2) is 55.0 Å². The zero-order valence-corrected chi connectivity index (χ0v) is 19.6. The second-order valence-electron chi connectivity index (χ2n) is 8.41. The molecule has 3 N–H and O–H groups in total. The Morgan fingerprint density at radius 3 is 2.88 bits per heavy atom. The molecule has 0 spiro atoms. The number of H-pyrrole nitrogens is 1. The molecule has 2 aliphatic rings. The van der Waals surface area contributed by atoms with Crippen LogP contribution in [0.15, 0.2) is 53.8 Å². The minimum absolute atomic E-state index is 0.00974. The fourth-order valence-corrected chi connectivity index (χ4v) is 4.49. The van der Waals surface area contributed by atoms with Gasteiger partial charge in [0, 0.05) is 40.7 Å². The maximum Gasteiger partial charge on any atom is 0.238 e. The maximum absolute atomic E-state index is 12.1. The predicted molar refractivity (Wildman–Crippen MR) is 130 cm³/mol. The number of imidazole rings is 1. The zero-order chi connectivity index (χ0) is 22.8. The average Bonchev–Trinajstić information content (AvgIpc) is 3.35. The Morgan fingerprint density at radius 1 is 1.30 bits per heavy atom. The van der Waals surface area contributed by atoms with E-state index in [0.29, 0.717) is 19.0 Å². The Morgan fingerprint density at radius 2 is 2.12 bits per heavy atom. The molecule has 33 heavy (non-hydrogen) atoms. The van der Waals surface area contributed by atoms with Crippen LogP contribution in [0, 0.1) is 0 Å². The minimum atomic E-state index is -0.00974. The molecule has 3 aromatic rings. The fourth-order valence-electron chi connectivity index (χ4n) is 3.63. The molecule has 0 unspecified atom stereocenters. The van der Waals surface area contributed by atoms with Crippen molar-refractivity contribution in [3.8, 4) is 0 Å². The Labute approximate surface area is 197 Å². The molecule has 172 valence electrons. The van der Waals surface area contributed by atoms with E-state index in [2.05, 4.69) is 47.0 Å². The smallest absolute Gasteiger partial charge is 0.238 e. The number of hydrogen-bond acceptors (Lipinski definition) is 7. The summed E-state index contributed by atoms with van der Waals surface area (Å²) < 4.78 is 4.19. The molecule has 1 saturated carbocycles. The lowest BCUT2D eigenvalue weighted by molar-refractivity contribution is -0.117. The van der Waals surface area contributed by atoms with E-state index in [1.807, 2.05) is 55.5 Å². The van der Waals surface area contributed by atoms with Gasteiger partial charge in [0.05, 0.1) is 19.3 Å². The number of anilines is 2. The van der Waals surface area contributed by atoms with E-state index in [9.17, 15) is 4.79 Å². The largest absolute Gasteiger partial charge is 0.325 e. The normalized spacial score (nSPS) is 15.4. The van der Waals surface area contributed by atoms with Crippen LogP contribution in [0.5, 0.6) is 0 Å². The third-order valence-electron chi connectivity index (χ3n) is 5.73. The van der Waals surface area contributed by atoms with Gasteiger partial charge < -0.3 is 14.9 Å². The number of fused-ring (bicyclic) bond motifs is 1. The Kier molecular flexibility index (Phi) is 6.10. The van der Waals surface area contributed by atoms with Crippen molar-refractivity contribution < 1.29 is 4.79 Å². The number of nitrogens with zero attached hydrogens (tertiary/aromatic N) is 5. The number of carbonyl (C=O) groups excluding carboxylic acids is 1. The van der Waals surface area contributed by atoms with Crippen molar-refractivity contribution in [1.29, 1.82) is 0 Å². The summed E-state index contributed by atoms with van der Waals surface area (Å²) in [6, 6.07) is 9.99. The molecule has 0 radical (unpaired) electrons. The molecular weight excluding hydrogens is 436 g/mol. The number of aromatic amines is 1. The number of rotatable bonds is 9. The third kappa shape index (κ3) is 5.23. The highest BCUT2D eigenvalue weighted by molar-refractivity contribution is 7.97. The van der Waals surface area contributed by atoms with Crippen LogP contribution in [0.25, 0.3) is 5.82 Å². The van der Waals surface area contributed by atoms with Crippen LogP contribution < -0.4 is 10.6 Å². The lowest BCUT2D eigenvalue weighted by atomic mass is 10.3. The number of benzene rings is 1. The molecule has 2 aromatic heterocycles. The molecule has 1 fully saturated rings. The van der Waals surface area contributed by atoms with Gasteiger partial charge >= 0.3 is 0 Å². The topological polar surface area (TPSA) is 94.1 Å². The summed E-state index contributed by atoms with van der Waals surface area (Å²) in [5.74, 6) is 3.28. The van der Waals surface area contributed by atoms with Crippen LogP contribution >= 0.6 is 11.9 Å². The lowest BCUT2D eigenvalue weighted by Crippen LogP contribution is -2.29. The number of aromatic nitrogens is 4. The molecule has 10 heteroatoms. The quantitative estimate of drug-likeness (QED) is 0.415. The van der Waals surface area contributed by atoms with Crippen molar-refractivity contribution in [2.75, 3.05) is 30.8 Å². The van der Waals surface area contributed by atoms with Crippen molar-refractivity contribution in [3.63, 3.8) is 0 Å². The second kappa shape index (κ2) is 9.32. The summed E-state index contributed by atoms with van der Waals surface area (Å²) in [5.41, 5.74) is 1.99.